The van der Waals surface area contributed by atoms with Crippen LogP contribution >= 0.6 is 0 Å². The summed E-state index contributed by atoms with van der Waals surface area (Å²) in [4.78, 5) is 4.47. The summed E-state index contributed by atoms with van der Waals surface area (Å²) in [7, 11) is 0. The van der Waals surface area contributed by atoms with E-state index >= 15 is 0 Å². The van der Waals surface area contributed by atoms with Gasteiger partial charge < -0.3 is 15.2 Å². The molecule has 0 radical (unpaired) electrons. The smallest absolute Gasteiger partial charge is 0.214 e. The molecule has 2 aromatic rings. The van der Waals surface area contributed by atoms with Crippen LogP contribution in [0, 0.1) is 0 Å². The molecule has 4 heteroatoms. The van der Waals surface area contributed by atoms with Gasteiger partial charge in [0.05, 0.1) is 12.1 Å². The van der Waals surface area contributed by atoms with Crippen molar-refractivity contribution in [2.45, 2.75) is 19.9 Å². The van der Waals surface area contributed by atoms with Crippen LogP contribution in [0.25, 0.3) is 10.9 Å². The number of nitrogens with zero attached hydrogens (tertiary/aromatic N) is 1. The average molecular weight is 260 g/mol. The molecular formula is C15H20N2O2. The van der Waals surface area contributed by atoms with E-state index in [0.29, 0.717) is 25.6 Å². The summed E-state index contributed by atoms with van der Waals surface area (Å²) in [5.41, 5.74) is 7.73. The van der Waals surface area contributed by atoms with Crippen molar-refractivity contribution in [3.05, 3.63) is 35.9 Å². The summed E-state index contributed by atoms with van der Waals surface area (Å²) >= 11 is 0. The second kappa shape index (κ2) is 7.07. The van der Waals surface area contributed by atoms with Crippen molar-refractivity contribution in [1.29, 1.82) is 0 Å². The first kappa shape index (κ1) is 13.8. The van der Waals surface area contributed by atoms with Crippen LogP contribution in [0.4, 0.5) is 0 Å². The molecule has 0 aliphatic carbocycles. The normalized spacial score (nSPS) is 10.8. The SMILES string of the molecule is CCCOCCOc1cc(CN)c2ccccc2n1. The molecule has 4 nitrogen and oxygen atoms in total. The zero-order chi connectivity index (χ0) is 13.5. The van der Waals surface area contributed by atoms with Gasteiger partial charge in [-0.15, -0.1) is 0 Å². The fourth-order valence-corrected chi connectivity index (χ4v) is 1.91. The Bertz CT molecular complexity index is 529. The van der Waals surface area contributed by atoms with E-state index in [9.17, 15) is 0 Å². The highest BCUT2D eigenvalue weighted by Crippen LogP contribution is 2.21. The van der Waals surface area contributed by atoms with E-state index in [0.717, 1.165) is 29.5 Å². The largest absolute Gasteiger partial charge is 0.475 e. The van der Waals surface area contributed by atoms with E-state index in [1.165, 1.54) is 0 Å². The Morgan fingerprint density at radius 1 is 1.16 bits per heavy atom. The fraction of sp³-hybridized carbons (Fsp3) is 0.400. The maximum Gasteiger partial charge on any atom is 0.214 e. The van der Waals surface area contributed by atoms with E-state index in [-0.39, 0.29) is 0 Å². The fourth-order valence-electron chi connectivity index (χ4n) is 1.91. The first-order chi connectivity index (χ1) is 9.35. The minimum absolute atomic E-state index is 0.478. The third-order valence-corrected chi connectivity index (χ3v) is 2.82. The summed E-state index contributed by atoms with van der Waals surface area (Å²) in [5, 5.41) is 1.08. The highest BCUT2D eigenvalue weighted by molar-refractivity contribution is 5.82. The molecule has 0 spiro atoms. The van der Waals surface area contributed by atoms with Crippen molar-refractivity contribution in [3.8, 4) is 5.88 Å². The zero-order valence-electron chi connectivity index (χ0n) is 11.3. The molecule has 0 aliphatic heterocycles. The monoisotopic (exact) mass is 260 g/mol. The average Bonchev–Trinajstić information content (AvgIpc) is 2.46. The number of rotatable bonds is 7. The molecule has 1 heterocycles. The summed E-state index contributed by atoms with van der Waals surface area (Å²) in [6.07, 6.45) is 1.02. The number of ether oxygens (including phenoxy) is 2. The minimum Gasteiger partial charge on any atom is -0.475 e. The van der Waals surface area contributed by atoms with Gasteiger partial charge in [-0.25, -0.2) is 4.98 Å². The lowest BCUT2D eigenvalue weighted by molar-refractivity contribution is 0.0991. The van der Waals surface area contributed by atoms with Crippen molar-refractivity contribution < 1.29 is 9.47 Å². The van der Waals surface area contributed by atoms with Gasteiger partial charge in [-0.2, -0.15) is 0 Å². The molecule has 2 N–H and O–H groups in total. The minimum atomic E-state index is 0.478. The number of para-hydroxylation sites is 1. The summed E-state index contributed by atoms with van der Waals surface area (Å²) < 4.78 is 11.0. The molecule has 1 aromatic carbocycles. The van der Waals surface area contributed by atoms with E-state index < -0.39 is 0 Å². The van der Waals surface area contributed by atoms with Gasteiger partial charge in [0.1, 0.15) is 6.61 Å². The van der Waals surface area contributed by atoms with E-state index in [4.69, 9.17) is 15.2 Å². The Morgan fingerprint density at radius 3 is 2.79 bits per heavy atom. The molecule has 102 valence electrons. The van der Waals surface area contributed by atoms with Crippen molar-refractivity contribution >= 4 is 10.9 Å². The highest BCUT2D eigenvalue weighted by Gasteiger charge is 2.05. The zero-order valence-corrected chi connectivity index (χ0v) is 11.3. The first-order valence-electron chi connectivity index (χ1n) is 6.64. The predicted molar refractivity (Wildman–Crippen MR) is 76.2 cm³/mol. The Morgan fingerprint density at radius 2 is 2.00 bits per heavy atom. The maximum atomic E-state index is 5.77. The van der Waals surface area contributed by atoms with Crippen LogP contribution in [0.1, 0.15) is 18.9 Å². The number of aromatic nitrogens is 1. The molecule has 0 atom stereocenters. The topological polar surface area (TPSA) is 57.4 Å². The predicted octanol–water partition coefficient (Wildman–Crippen LogP) is 2.50. The quantitative estimate of drug-likeness (QED) is 0.777. The lowest BCUT2D eigenvalue weighted by Gasteiger charge is -2.09. The van der Waals surface area contributed by atoms with Gasteiger partial charge in [-0.3, -0.25) is 0 Å². The maximum absolute atomic E-state index is 5.77. The van der Waals surface area contributed by atoms with Crippen LogP contribution in [0.3, 0.4) is 0 Å². The second-order valence-corrected chi connectivity index (χ2v) is 4.30. The van der Waals surface area contributed by atoms with Crippen LogP contribution in [0.5, 0.6) is 5.88 Å². The Kier molecular flexibility index (Phi) is 5.12. The number of pyridine rings is 1. The molecule has 0 amide bonds. The van der Waals surface area contributed by atoms with E-state index in [1.807, 2.05) is 30.3 Å². The third-order valence-electron chi connectivity index (χ3n) is 2.82. The molecular weight excluding hydrogens is 240 g/mol. The van der Waals surface area contributed by atoms with E-state index in [1.54, 1.807) is 0 Å². The molecule has 0 saturated heterocycles. The van der Waals surface area contributed by atoms with Crippen LogP contribution in [-0.2, 0) is 11.3 Å². The van der Waals surface area contributed by atoms with Gasteiger partial charge in [0, 0.05) is 24.6 Å². The van der Waals surface area contributed by atoms with Crippen molar-refractivity contribution in [2.75, 3.05) is 19.8 Å². The number of hydrogen-bond acceptors (Lipinski definition) is 4. The first-order valence-corrected chi connectivity index (χ1v) is 6.64. The Balaban J connectivity index is 2.07. The van der Waals surface area contributed by atoms with Crippen molar-refractivity contribution in [3.63, 3.8) is 0 Å². The molecule has 19 heavy (non-hydrogen) atoms. The van der Waals surface area contributed by atoms with Crippen molar-refractivity contribution in [1.82, 2.24) is 4.98 Å². The van der Waals surface area contributed by atoms with Crippen LogP contribution in [-0.4, -0.2) is 24.8 Å². The summed E-state index contributed by atoms with van der Waals surface area (Å²) in [6, 6.07) is 9.85. The standard InChI is InChI=1S/C15H20N2O2/c1-2-7-18-8-9-19-15-10-12(11-16)13-5-3-4-6-14(13)17-15/h3-6,10H,2,7-9,11,16H2,1H3. The van der Waals surface area contributed by atoms with Gasteiger partial charge in [-0.05, 0) is 18.1 Å². The highest BCUT2D eigenvalue weighted by atomic mass is 16.5. The van der Waals surface area contributed by atoms with Crippen LogP contribution in [0.2, 0.25) is 0 Å². The lowest BCUT2D eigenvalue weighted by atomic mass is 10.1. The number of nitrogens with two attached hydrogens (primary N) is 1. The molecule has 0 fully saturated rings. The summed E-state index contributed by atoms with van der Waals surface area (Å²) in [6.45, 7) is 4.42. The second-order valence-electron chi connectivity index (χ2n) is 4.30. The van der Waals surface area contributed by atoms with Crippen LogP contribution in [0.15, 0.2) is 30.3 Å². The lowest BCUT2D eigenvalue weighted by Crippen LogP contribution is -2.09. The number of hydrogen-bond donors (Lipinski definition) is 1. The third kappa shape index (κ3) is 3.66. The van der Waals surface area contributed by atoms with Gasteiger partial charge in [0.25, 0.3) is 0 Å². The Hall–Kier alpha value is -1.65. The van der Waals surface area contributed by atoms with Gasteiger partial charge in [0.2, 0.25) is 5.88 Å². The molecule has 2 rings (SSSR count). The van der Waals surface area contributed by atoms with E-state index in [2.05, 4.69) is 11.9 Å². The summed E-state index contributed by atoms with van der Waals surface area (Å²) in [5.74, 6) is 0.610. The molecule has 0 unspecified atom stereocenters. The van der Waals surface area contributed by atoms with Gasteiger partial charge >= 0.3 is 0 Å². The molecule has 0 saturated carbocycles. The molecule has 0 aliphatic rings. The number of benzene rings is 1. The van der Waals surface area contributed by atoms with Gasteiger partial charge in [-0.1, -0.05) is 25.1 Å². The van der Waals surface area contributed by atoms with Crippen LogP contribution < -0.4 is 10.5 Å². The van der Waals surface area contributed by atoms with Gasteiger partial charge in [0.15, 0.2) is 0 Å². The Labute approximate surface area is 113 Å². The molecule has 0 bridgehead atoms. The number of fused-ring (bicyclic) bond motifs is 1. The molecule has 1 aromatic heterocycles. The van der Waals surface area contributed by atoms with Crippen molar-refractivity contribution in [2.24, 2.45) is 5.73 Å².